The minimum atomic E-state index is -0.0647. The molecule has 1 heterocycles. The van der Waals surface area contributed by atoms with Gasteiger partial charge in [0.05, 0.1) is 12.2 Å². The Morgan fingerprint density at radius 3 is 2.68 bits per heavy atom. The SMILES string of the molecule is O=C(c1ccc(Cl)nc1)N(CCO)C1CCCCC1. The fourth-order valence-corrected chi connectivity index (χ4v) is 2.73. The Morgan fingerprint density at radius 1 is 1.37 bits per heavy atom. The molecule has 0 bridgehead atoms. The van der Waals surface area contributed by atoms with Gasteiger partial charge < -0.3 is 10.0 Å². The third kappa shape index (κ3) is 3.67. The monoisotopic (exact) mass is 282 g/mol. The van der Waals surface area contributed by atoms with Gasteiger partial charge >= 0.3 is 0 Å². The van der Waals surface area contributed by atoms with Gasteiger partial charge in [-0.3, -0.25) is 4.79 Å². The van der Waals surface area contributed by atoms with Crippen LogP contribution in [-0.4, -0.2) is 40.1 Å². The minimum Gasteiger partial charge on any atom is -0.395 e. The number of hydrogen-bond donors (Lipinski definition) is 1. The summed E-state index contributed by atoms with van der Waals surface area (Å²) >= 11 is 5.73. The summed E-state index contributed by atoms with van der Waals surface area (Å²) in [4.78, 5) is 18.2. The second kappa shape index (κ2) is 6.87. The molecule has 1 saturated carbocycles. The van der Waals surface area contributed by atoms with Crippen LogP contribution in [0.2, 0.25) is 5.15 Å². The van der Waals surface area contributed by atoms with Gasteiger partial charge in [-0.2, -0.15) is 0 Å². The topological polar surface area (TPSA) is 53.4 Å². The van der Waals surface area contributed by atoms with Crippen molar-refractivity contribution in [3.8, 4) is 0 Å². The van der Waals surface area contributed by atoms with Crippen LogP contribution in [0.3, 0.4) is 0 Å². The van der Waals surface area contributed by atoms with Crippen LogP contribution in [0.25, 0.3) is 0 Å². The highest BCUT2D eigenvalue weighted by atomic mass is 35.5. The highest BCUT2D eigenvalue weighted by Gasteiger charge is 2.25. The van der Waals surface area contributed by atoms with Crippen LogP contribution in [0.15, 0.2) is 18.3 Å². The lowest BCUT2D eigenvalue weighted by molar-refractivity contribution is 0.0585. The van der Waals surface area contributed by atoms with Crippen LogP contribution >= 0.6 is 11.6 Å². The summed E-state index contributed by atoms with van der Waals surface area (Å²) in [5.41, 5.74) is 0.531. The van der Waals surface area contributed by atoms with E-state index in [1.807, 2.05) is 0 Å². The summed E-state index contributed by atoms with van der Waals surface area (Å²) in [5.74, 6) is -0.0647. The average molecular weight is 283 g/mol. The molecule has 1 aliphatic rings. The molecule has 19 heavy (non-hydrogen) atoms. The number of carbonyl (C=O) groups excluding carboxylic acids is 1. The maximum Gasteiger partial charge on any atom is 0.255 e. The van der Waals surface area contributed by atoms with Crippen molar-refractivity contribution in [1.82, 2.24) is 9.88 Å². The van der Waals surface area contributed by atoms with Crippen molar-refractivity contribution in [2.45, 2.75) is 38.1 Å². The molecule has 5 heteroatoms. The first-order valence-electron chi connectivity index (χ1n) is 6.76. The predicted molar refractivity (Wildman–Crippen MR) is 74.2 cm³/mol. The zero-order chi connectivity index (χ0) is 13.7. The lowest BCUT2D eigenvalue weighted by Crippen LogP contribution is -2.43. The standard InChI is InChI=1S/C14H19ClN2O2/c15-13-7-6-11(10-16-13)14(19)17(8-9-18)12-4-2-1-3-5-12/h6-7,10,12,18H,1-5,8-9H2. The minimum absolute atomic E-state index is 0.0107. The molecule has 0 spiro atoms. The second-order valence-corrected chi connectivity index (χ2v) is 5.27. The van der Waals surface area contributed by atoms with E-state index in [1.165, 1.54) is 12.6 Å². The summed E-state index contributed by atoms with van der Waals surface area (Å²) in [7, 11) is 0. The van der Waals surface area contributed by atoms with E-state index in [1.54, 1.807) is 17.0 Å². The lowest BCUT2D eigenvalue weighted by Gasteiger charge is -2.34. The van der Waals surface area contributed by atoms with Crippen molar-refractivity contribution in [1.29, 1.82) is 0 Å². The highest BCUT2D eigenvalue weighted by molar-refractivity contribution is 6.29. The highest BCUT2D eigenvalue weighted by Crippen LogP contribution is 2.24. The Kier molecular flexibility index (Phi) is 5.16. The third-order valence-electron chi connectivity index (χ3n) is 3.59. The van der Waals surface area contributed by atoms with Crippen LogP contribution in [0.1, 0.15) is 42.5 Å². The molecular formula is C14H19ClN2O2. The van der Waals surface area contributed by atoms with Gasteiger partial charge in [-0.1, -0.05) is 30.9 Å². The maximum atomic E-state index is 12.5. The van der Waals surface area contributed by atoms with E-state index in [0.717, 1.165) is 25.7 Å². The first-order valence-corrected chi connectivity index (χ1v) is 7.13. The van der Waals surface area contributed by atoms with E-state index in [2.05, 4.69) is 4.98 Å². The summed E-state index contributed by atoms with van der Waals surface area (Å²) in [6.07, 6.45) is 7.08. The van der Waals surface area contributed by atoms with Crippen LogP contribution in [0.4, 0.5) is 0 Å². The molecule has 1 fully saturated rings. The van der Waals surface area contributed by atoms with Crippen molar-refractivity contribution in [2.24, 2.45) is 0 Å². The molecule has 0 atom stereocenters. The van der Waals surface area contributed by atoms with Gasteiger partial charge in [0.15, 0.2) is 0 Å². The summed E-state index contributed by atoms with van der Waals surface area (Å²) in [6.45, 7) is 0.370. The quantitative estimate of drug-likeness (QED) is 0.864. The molecule has 0 aliphatic heterocycles. The molecule has 1 aliphatic carbocycles. The van der Waals surface area contributed by atoms with Gasteiger partial charge in [-0.25, -0.2) is 4.98 Å². The van der Waals surface area contributed by atoms with Gasteiger partial charge in [0.1, 0.15) is 5.15 Å². The summed E-state index contributed by atoms with van der Waals surface area (Å²) in [6, 6.07) is 3.54. The number of aliphatic hydroxyl groups excluding tert-OH is 1. The van der Waals surface area contributed by atoms with Gasteiger partial charge in [-0.05, 0) is 25.0 Å². The summed E-state index contributed by atoms with van der Waals surface area (Å²) in [5, 5.41) is 9.55. The molecule has 1 N–H and O–H groups in total. The number of amides is 1. The third-order valence-corrected chi connectivity index (χ3v) is 3.82. The number of hydrogen-bond acceptors (Lipinski definition) is 3. The molecular weight excluding hydrogens is 264 g/mol. The Morgan fingerprint density at radius 2 is 2.11 bits per heavy atom. The molecule has 0 radical (unpaired) electrons. The molecule has 1 amide bonds. The fraction of sp³-hybridized carbons (Fsp3) is 0.571. The van der Waals surface area contributed by atoms with Crippen molar-refractivity contribution in [3.05, 3.63) is 29.0 Å². The lowest BCUT2D eigenvalue weighted by atomic mass is 9.94. The van der Waals surface area contributed by atoms with Gasteiger partial charge in [0.25, 0.3) is 5.91 Å². The molecule has 2 rings (SSSR count). The van der Waals surface area contributed by atoms with E-state index in [0.29, 0.717) is 17.3 Å². The fourth-order valence-electron chi connectivity index (χ4n) is 2.62. The van der Waals surface area contributed by atoms with E-state index in [9.17, 15) is 9.90 Å². The number of pyridine rings is 1. The van der Waals surface area contributed by atoms with Gasteiger partial charge in [-0.15, -0.1) is 0 Å². The maximum absolute atomic E-state index is 12.5. The Hall–Kier alpha value is -1.13. The van der Waals surface area contributed by atoms with Crippen molar-refractivity contribution in [3.63, 3.8) is 0 Å². The van der Waals surface area contributed by atoms with Crippen LogP contribution in [-0.2, 0) is 0 Å². The number of aliphatic hydroxyl groups is 1. The molecule has 4 nitrogen and oxygen atoms in total. The molecule has 0 saturated heterocycles. The average Bonchev–Trinajstić information content (AvgIpc) is 2.46. The number of halogens is 1. The number of carbonyl (C=O) groups is 1. The van der Waals surface area contributed by atoms with Crippen LogP contribution in [0, 0.1) is 0 Å². The van der Waals surface area contributed by atoms with Crippen molar-refractivity contribution in [2.75, 3.05) is 13.2 Å². The van der Waals surface area contributed by atoms with E-state index in [4.69, 9.17) is 11.6 Å². The molecule has 1 aromatic rings. The first kappa shape index (κ1) is 14.3. The van der Waals surface area contributed by atoms with Crippen LogP contribution < -0.4 is 0 Å². The largest absolute Gasteiger partial charge is 0.395 e. The summed E-state index contributed by atoms with van der Waals surface area (Å²) < 4.78 is 0. The molecule has 0 aromatic carbocycles. The molecule has 1 aromatic heterocycles. The predicted octanol–water partition coefficient (Wildman–Crippen LogP) is 2.50. The van der Waals surface area contributed by atoms with E-state index < -0.39 is 0 Å². The Balaban J connectivity index is 2.13. The molecule has 104 valence electrons. The van der Waals surface area contributed by atoms with Gasteiger partial charge in [0, 0.05) is 18.8 Å². The van der Waals surface area contributed by atoms with E-state index >= 15 is 0 Å². The van der Waals surface area contributed by atoms with Gasteiger partial charge in [0.2, 0.25) is 0 Å². The smallest absolute Gasteiger partial charge is 0.255 e. The molecule has 0 unspecified atom stereocenters. The van der Waals surface area contributed by atoms with Crippen LogP contribution in [0.5, 0.6) is 0 Å². The second-order valence-electron chi connectivity index (χ2n) is 4.88. The zero-order valence-corrected chi connectivity index (χ0v) is 11.6. The normalized spacial score (nSPS) is 16.3. The zero-order valence-electron chi connectivity index (χ0n) is 10.9. The van der Waals surface area contributed by atoms with Crippen molar-refractivity contribution >= 4 is 17.5 Å². The number of aromatic nitrogens is 1. The Bertz CT molecular complexity index is 416. The first-order chi connectivity index (χ1) is 9.22. The Labute approximate surface area is 118 Å². The van der Waals surface area contributed by atoms with Crippen molar-refractivity contribution < 1.29 is 9.90 Å². The number of rotatable bonds is 4. The number of nitrogens with zero attached hydrogens (tertiary/aromatic N) is 2. The van der Waals surface area contributed by atoms with E-state index in [-0.39, 0.29) is 18.6 Å².